The van der Waals surface area contributed by atoms with Crippen molar-refractivity contribution < 1.29 is 19.1 Å². The second-order valence-corrected chi connectivity index (χ2v) is 8.96. The summed E-state index contributed by atoms with van der Waals surface area (Å²) in [5, 5.41) is 15.4. The molecule has 1 aliphatic carbocycles. The van der Waals surface area contributed by atoms with E-state index >= 15 is 0 Å². The summed E-state index contributed by atoms with van der Waals surface area (Å²) in [6.45, 7) is 3.04. The molecule has 8 nitrogen and oxygen atoms in total. The molecule has 4 rings (SSSR count). The number of urea groups is 1. The number of rotatable bonds is 5. The molecule has 1 unspecified atom stereocenters. The van der Waals surface area contributed by atoms with Gasteiger partial charge in [0.2, 0.25) is 5.91 Å². The molecule has 0 radical (unpaired) electrons. The van der Waals surface area contributed by atoms with Crippen molar-refractivity contribution in [2.24, 2.45) is 0 Å². The van der Waals surface area contributed by atoms with Crippen LogP contribution in [0.1, 0.15) is 40.5 Å². The standard InChI is InChI=1S/C22H22N4O4S/c1-12-9-13(7-8-16(12)30-3)22(2)20(28)26(21(29)25-22)11-18(27)24-19-15(10-23)14-5-4-6-17(14)31-19/h7-9H,4-6,11H2,1-3H3,(H,24,27)(H,25,29). The van der Waals surface area contributed by atoms with Crippen LogP contribution in [0.5, 0.6) is 5.75 Å². The van der Waals surface area contributed by atoms with E-state index < -0.39 is 29.9 Å². The maximum absolute atomic E-state index is 13.1. The number of fused-ring (bicyclic) bond motifs is 1. The maximum atomic E-state index is 13.1. The SMILES string of the molecule is COc1ccc(C2(C)NC(=O)N(CC(=O)Nc3sc4c(c3C#N)CCC4)C2=O)cc1C. The number of imide groups is 1. The first-order valence-electron chi connectivity index (χ1n) is 9.92. The second-order valence-electron chi connectivity index (χ2n) is 7.85. The summed E-state index contributed by atoms with van der Waals surface area (Å²) in [7, 11) is 1.56. The Kier molecular flexibility index (Phi) is 5.19. The molecule has 1 fully saturated rings. The summed E-state index contributed by atoms with van der Waals surface area (Å²) in [5.41, 5.74) is 1.64. The third-order valence-electron chi connectivity index (χ3n) is 5.83. The number of hydrogen-bond donors (Lipinski definition) is 2. The van der Waals surface area contributed by atoms with Crippen LogP contribution < -0.4 is 15.4 Å². The molecule has 4 amide bonds. The summed E-state index contributed by atoms with van der Waals surface area (Å²) in [6.07, 6.45) is 2.74. The first-order valence-corrected chi connectivity index (χ1v) is 10.7. The Morgan fingerprint density at radius 1 is 1.39 bits per heavy atom. The smallest absolute Gasteiger partial charge is 0.325 e. The fraction of sp³-hybridized carbons (Fsp3) is 0.364. The molecule has 9 heteroatoms. The van der Waals surface area contributed by atoms with Crippen LogP contribution >= 0.6 is 11.3 Å². The molecule has 1 aromatic carbocycles. The van der Waals surface area contributed by atoms with Crippen LogP contribution in [0.4, 0.5) is 9.80 Å². The molecule has 1 atom stereocenters. The third kappa shape index (κ3) is 3.43. The molecule has 1 saturated heterocycles. The number of aryl methyl sites for hydroxylation is 2. The van der Waals surface area contributed by atoms with E-state index in [1.54, 1.807) is 32.2 Å². The summed E-state index contributed by atoms with van der Waals surface area (Å²) in [4.78, 5) is 40.3. The van der Waals surface area contributed by atoms with E-state index in [2.05, 4.69) is 16.7 Å². The summed E-state index contributed by atoms with van der Waals surface area (Å²) >= 11 is 1.39. The van der Waals surface area contributed by atoms with Crippen molar-refractivity contribution in [1.29, 1.82) is 5.26 Å². The van der Waals surface area contributed by atoms with Gasteiger partial charge in [-0.25, -0.2) is 4.79 Å². The van der Waals surface area contributed by atoms with E-state index in [9.17, 15) is 19.6 Å². The summed E-state index contributed by atoms with van der Waals surface area (Å²) in [5.74, 6) is -0.349. The van der Waals surface area contributed by atoms with Gasteiger partial charge in [0.25, 0.3) is 5.91 Å². The molecule has 31 heavy (non-hydrogen) atoms. The van der Waals surface area contributed by atoms with Gasteiger partial charge in [-0.3, -0.25) is 14.5 Å². The Morgan fingerprint density at radius 3 is 2.84 bits per heavy atom. The van der Waals surface area contributed by atoms with E-state index in [4.69, 9.17) is 4.74 Å². The Morgan fingerprint density at radius 2 is 2.16 bits per heavy atom. The Balaban J connectivity index is 1.51. The Bertz CT molecular complexity index is 1150. The zero-order chi connectivity index (χ0) is 22.3. The lowest BCUT2D eigenvalue weighted by atomic mass is 9.90. The molecule has 2 aromatic rings. The lowest BCUT2D eigenvalue weighted by molar-refractivity contribution is -0.133. The quantitative estimate of drug-likeness (QED) is 0.698. The largest absolute Gasteiger partial charge is 0.496 e. The van der Waals surface area contributed by atoms with Crippen LogP contribution in [0, 0.1) is 18.3 Å². The first-order chi connectivity index (χ1) is 14.8. The average molecular weight is 439 g/mol. The van der Waals surface area contributed by atoms with Crippen molar-refractivity contribution in [3.63, 3.8) is 0 Å². The highest BCUT2D eigenvalue weighted by Gasteiger charge is 2.49. The van der Waals surface area contributed by atoms with Crippen LogP contribution in [0.25, 0.3) is 0 Å². The lowest BCUT2D eigenvalue weighted by Crippen LogP contribution is -2.42. The van der Waals surface area contributed by atoms with Gasteiger partial charge in [0.05, 0.1) is 12.7 Å². The molecule has 1 aliphatic heterocycles. The average Bonchev–Trinajstić information content (AvgIpc) is 3.37. The van der Waals surface area contributed by atoms with E-state index in [1.807, 2.05) is 6.92 Å². The van der Waals surface area contributed by atoms with Crippen molar-refractivity contribution in [2.75, 3.05) is 19.0 Å². The number of benzene rings is 1. The maximum Gasteiger partial charge on any atom is 0.325 e. The zero-order valence-corrected chi connectivity index (χ0v) is 18.3. The van der Waals surface area contributed by atoms with Gasteiger partial charge in [0.15, 0.2) is 0 Å². The normalized spacial score (nSPS) is 19.7. The van der Waals surface area contributed by atoms with Gasteiger partial charge in [0.1, 0.15) is 28.9 Å². The number of amides is 4. The summed E-state index contributed by atoms with van der Waals surface area (Å²) in [6, 6.07) is 6.78. The van der Waals surface area contributed by atoms with Crippen molar-refractivity contribution in [3.8, 4) is 11.8 Å². The molecule has 0 bridgehead atoms. The number of hydrogen-bond acceptors (Lipinski definition) is 6. The van der Waals surface area contributed by atoms with Crippen molar-refractivity contribution >= 4 is 34.2 Å². The van der Waals surface area contributed by atoms with Crippen LogP contribution in [0.2, 0.25) is 0 Å². The molecule has 2 aliphatic rings. The zero-order valence-electron chi connectivity index (χ0n) is 17.5. The lowest BCUT2D eigenvalue weighted by Gasteiger charge is -2.23. The van der Waals surface area contributed by atoms with Gasteiger partial charge in [-0.2, -0.15) is 5.26 Å². The number of nitrogens with zero attached hydrogens (tertiary/aromatic N) is 2. The highest BCUT2D eigenvalue weighted by atomic mass is 32.1. The van der Waals surface area contributed by atoms with Crippen LogP contribution in [0.15, 0.2) is 18.2 Å². The predicted molar refractivity (Wildman–Crippen MR) is 115 cm³/mol. The van der Waals surface area contributed by atoms with E-state index in [0.717, 1.165) is 40.2 Å². The minimum absolute atomic E-state index is 0.428. The van der Waals surface area contributed by atoms with Gasteiger partial charge in [-0.15, -0.1) is 11.3 Å². The number of ether oxygens (including phenoxy) is 1. The van der Waals surface area contributed by atoms with Crippen LogP contribution in [0.3, 0.4) is 0 Å². The molecular formula is C22H22N4O4S. The predicted octanol–water partition coefficient (Wildman–Crippen LogP) is 2.83. The number of carbonyl (C=O) groups excluding carboxylic acids is 3. The van der Waals surface area contributed by atoms with Gasteiger partial charge < -0.3 is 15.4 Å². The van der Waals surface area contributed by atoms with Crippen molar-refractivity contribution in [1.82, 2.24) is 10.2 Å². The monoisotopic (exact) mass is 438 g/mol. The minimum atomic E-state index is -1.28. The number of methoxy groups -OCH3 is 1. The number of thiophene rings is 1. The van der Waals surface area contributed by atoms with Gasteiger partial charge in [0, 0.05) is 4.88 Å². The Labute approximate surface area is 183 Å². The van der Waals surface area contributed by atoms with Crippen LogP contribution in [-0.4, -0.2) is 36.4 Å². The molecule has 1 aromatic heterocycles. The molecule has 0 spiro atoms. The second kappa shape index (κ2) is 7.71. The summed E-state index contributed by atoms with van der Waals surface area (Å²) < 4.78 is 5.26. The molecular weight excluding hydrogens is 416 g/mol. The highest BCUT2D eigenvalue weighted by Crippen LogP contribution is 2.38. The molecule has 2 N–H and O–H groups in total. The number of anilines is 1. The van der Waals surface area contributed by atoms with E-state index in [-0.39, 0.29) is 0 Å². The molecule has 0 saturated carbocycles. The topological polar surface area (TPSA) is 112 Å². The van der Waals surface area contributed by atoms with E-state index in [1.165, 1.54) is 11.3 Å². The van der Waals surface area contributed by atoms with Crippen LogP contribution in [-0.2, 0) is 28.0 Å². The van der Waals surface area contributed by atoms with E-state index in [0.29, 0.717) is 21.9 Å². The number of carbonyl (C=O) groups is 3. The number of nitriles is 1. The van der Waals surface area contributed by atoms with Gasteiger partial charge >= 0.3 is 6.03 Å². The highest BCUT2D eigenvalue weighted by molar-refractivity contribution is 7.16. The fourth-order valence-corrected chi connectivity index (χ4v) is 5.40. The van der Waals surface area contributed by atoms with Gasteiger partial charge in [-0.05, 0) is 61.9 Å². The molecule has 2 heterocycles. The number of nitrogens with one attached hydrogen (secondary N) is 2. The Hall–Kier alpha value is -3.38. The minimum Gasteiger partial charge on any atom is -0.496 e. The molecule has 160 valence electrons. The van der Waals surface area contributed by atoms with Crippen molar-refractivity contribution in [2.45, 2.75) is 38.6 Å². The van der Waals surface area contributed by atoms with Gasteiger partial charge in [-0.1, -0.05) is 6.07 Å². The fourth-order valence-electron chi connectivity index (χ4n) is 4.15. The van der Waals surface area contributed by atoms with Crippen molar-refractivity contribution in [3.05, 3.63) is 45.3 Å². The third-order valence-corrected chi connectivity index (χ3v) is 7.04. The first kappa shape index (κ1) is 20.9.